The average Bonchev–Trinajstić information content (AvgIpc) is 2.55. The van der Waals surface area contributed by atoms with E-state index in [0.717, 1.165) is 32.7 Å². The van der Waals surface area contributed by atoms with E-state index in [-0.39, 0.29) is 6.10 Å². The molecule has 1 aromatic rings. The smallest absolute Gasteiger partial charge is 0.191 e. The highest BCUT2D eigenvalue weighted by atomic mass is 16.5. The van der Waals surface area contributed by atoms with Crippen molar-refractivity contribution < 1.29 is 9.47 Å². The zero-order valence-electron chi connectivity index (χ0n) is 12.7. The van der Waals surface area contributed by atoms with Gasteiger partial charge in [0.25, 0.3) is 0 Å². The molecule has 1 aliphatic rings. The molecule has 0 saturated carbocycles. The molecule has 1 aliphatic heterocycles. The van der Waals surface area contributed by atoms with Gasteiger partial charge in [0.15, 0.2) is 5.96 Å². The lowest BCUT2D eigenvalue weighted by atomic mass is 10.1. The topological polar surface area (TPSA) is 60.1 Å². The van der Waals surface area contributed by atoms with Gasteiger partial charge in [0.05, 0.1) is 19.3 Å². The normalized spacial score (nSPS) is 17.8. The Morgan fingerprint density at radius 1 is 1.33 bits per heavy atom. The first-order valence-corrected chi connectivity index (χ1v) is 7.56. The summed E-state index contributed by atoms with van der Waals surface area (Å²) in [5.74, 6) is 0.620. The molecule has 0 aromatic heterocycles. The molecule has 116 valence electrons. The third-order valence-corrected chi connectivity index (χ3v) is 3.55. The van der Waals surface area contributed by atoms with Crippen LogP contribution in [0, 0.1) is 0 Å². The van der Waals surface area contributed by atoms with E-state index in [0.29, 0.717) is 19.1 Å². The Kier molecular flexibility index (Phi) is 6.50. The minimum Gasteiger partial charge on any atom is -0.378 e. The minimum absolute atomic E-state index is 0.117. The number of ether oxygens (including phenoxy) is 2. The summed E-state index contributed by atoms with van der Waals surface area (Å²) in [6.45, 7) is 6.58. The summed E-state index contributed by atoms with van der Waals surface area (Å²) in [5.41, 5.74) is 7.16. The number of aliphatic imine (C=N–C) groups is 1. The zero-order valence-corrected chi connectivity index (χ0v) is 12.7. The second kappa shape index (κ2) is 8.64. The molecule has 21 heavy (non-hydrogen) atoms. The first-order chi connectivity index (χ1) is 10.3. The number of rotatable bonds is 6. The van der Waals surface area contributed by atoms with Gasteiger partial charge in [-0.1, -0.05) is 30.3 Å². The van der Waals surface area contributed by atoms with Crippen molar-refractivity contribution in [3.8, 4) is 0 Å². The molecule has 1 heterocycles. The van der Waals surface area contributed by atoms with Gasteiger partial charge >= 0.3 is 0 Å². The SMILES string of the molecule is C[C@H](OCCCN=C(N)N1CCOCC1)c1ccccc1. The fraction of sp³-hybridized carbons (Fsp3) is 0.562. The Morgan fingerprint density at radius 2 is 2.05 bits per heavy atom. The van der Waals surface area contributed by atoms with Crippen molar-refractivity contribution >= 4 is 5.96 Å². The molecule has 5 heteroatoms. The summed E-state index contributed by atoms with van der Waals surface area (Å²) in [6.07, 6.45) is 0.995. The highest BCUT2D eigenvalue weighted by Gasteiger charge is 2.11. The van der Waals surface area contributed by atoms with E-state index in [9.17, 15) is 0 Å². The van der Waals surface area contributed by atoms with E-state index < -0.39 is 0 Å². The van der Waals surface area contributed by atoms with E-state index in [4.69, 9.17) is 15.2 Å². The average molecular weight is 291 g/mol. The van der Waals surface area contributed by atoms with E-state index >= 15 is 0 Å². The molecular weight excluding hydrogens is 266 g/mol. The Balaban J connectivity index is 1.63. The number of nitrogens with zero attached hydrogens (tertiary/aromatic N) is 2. The summed E-state index contributed by atoms with van der Waals surface area (Å²) in [7, 11) is 0. The van der Waals surface area contributed by atoms with Gasteiger partial charge in [-0.2, -0.15) is 0 Å². The maximum atomic E-state index is 5.96. The van der Waals surface area contributed by atoms with Crippen molar-refractivity contribution in [2.45, 2.75) is 19.4 Å². The number of nitrogens with two attached hydrogens (primary N) is 1. The third kappa shape index (κ3) is 5.36. The van der Waals surface area contributed by atoms with Crippen LogP contribution in [0.3, 0.4) is 0 Å². The highest BCUT2D eigenvalue weighted by molar-refractivity contribution is 5.78. The lowest BCUT2D eigenvalue weighted by molar-refractivity contribution is 0.0641. The number of hydrogen-bond acceptors (Lipinski definition) is 3. The standard InChI is InChI=1S/C16H25N3O2/c1-14(15-6-3-2-4-7-15)21-11-5-8-18-16(17)19-9-12-20-13-10-19/h2-4,6-7,14H,5,8-13H2,1H3,(H2,17,18)/t14-/m0/s1. The molecule has 1 saturated heterocycles. The van der Waals surface area contributed by atoms with Crippen LogP contribution in [0.25, 0.3) is 0 Å². The van der Waals surface area contributed by atoms with Gasteiger partial charge in [0.2, 0.25) is 0 Å². The molecule has 0 spiro atoms. The molecule has 1 aromatic carbocycles. The Morgan fingerprint density at radius 3 is 2.76 bits per heavy atom. The number of benzene rings is 1. The third-order valence-electron chi connectivity index (χ3n) is 3.55. The molecule has 0 bridgehead atoms. The van der Waals surface area contributed by atoms with E-state index in [1.54, 1.807) is 0 Å². The lowest BCUT2D eigenvalue weighted by Gasteiger charge is -2.27. The molecule has 2 N–H and O–H groups in total. The van der Waals surface area contributed by atoms with Crippen molar-refractivity contribution in [3.05, 3.63) is 35.9 Å². The van der Waals surface area contributed by atoms with Crippen molar-refractivity contribution in [2.24, 2.45) is 10.7 Å². The number of hydrogen-bond donors (Lipinski definition) is 1. The first-order valence-electron chi connectivity index (χ1n) is 7.56. The van der Waals surface area contributed by atoms with Crippen LogP contribution in [0.2, 0.25) is 0 Å². The minimum atomic E-state index is 0.117. The summed E-state index contributed by atoms with van der Waals surface area (Å²) < 4.78 is 11.1. The van der Waals surface area contributed by atoms with E-state index in [1.165, 1.54) is 5.56 Å². The molecule has 0 aliphatic carbocycles. The Bertz CT molecular complexity index is 430. The van der Waals surface area contributed by atoms with Crippen LogP contribution in [0.5, 0.6) is 0 Å². The second-order valence-electron chi connectivity index (χ2n) is 5.12. The van der Waals surface area contributed by atoms with Crippen LogP contribution in [-0.4, -0.2) is 50.3 Å². The molecule has 0 radical (unpaired) electrons. The maximum Gasteiger partial charge on any atom is 0.191 e. The highest BCUT2D eigenvalue weighted by Crippen LogP contribution is 2.15. The van der Waals surface area contributed by atoms with Crippen LogP contribution < -0.4 is 5.73 Å². The Hall–Kier alpha value is -1.59. The van der Waals surface area contributed by atoms with Gasteiger partial charge < -0.3 is 20.1 Å². The molecule has 0 unspecified atom stereocenters. The number of morpholine rings is 1. The fourth-order valence-corrected chi connectivity index (χ4v) is 2.23. The Labute approximate surface area is 126 Å². The summed E-state index contributed by atoms with van der Waals surface area (Å²) in [6, 6.07) is 10.2. The van der Waals surface area contributed by atoms with E-state index in [2.05, 4.69) is 28.9 Å². The van der Waals surface area contributed by atoms with Crippen molar-refractivity contribution in [2.75, 3.05) is 39.5 Å². The van der Waals surface area contributed by atoms with Gasteiger partial charge in [0.1, 0.15) is 0 Å². The summed E-state index contributed by atoms with van der Waals surface area (Å²) in [4.78, 5) is 6.47. The van der Waals surface area contributed by atoms with Crippen LogP contribution in [0.15, 0.2) is 35.3 Å². The predicted octanol–water partition coefficient (Wildman–Crippen LogP) is 1.80. The zero-order chi connectivity index (χ0) is 14.9. The van der Waals surface area contributed by atoms with Crippen molar-refractivity contribution in [1.29, 1.82) is 0 Å². The second-order valence-corrected chi connectivity index (χ2v) is 5.12. The monoisotopic (exact) mass is 291 g/mol. The van der Waals surface area contributed by atoms with Crippen molar-refractivity contribution in [1.82, 2.24) is 4.90 Å². The number of guanidine groups is 1. The summed E-state index contributed by atoms with van der Waals surface area (Å²) in [5, 5.41) is 0. The van der Waals surface area contributed by atoms with Crippen LogP contribution >= 0.6 is 0 Å². The van der Waals surface area contributed by atoms with Gasteiger partial charge in [-0.3, -0.25) is 4.99 Å². The van der Waals surface area contributed by atoms with Crippen LogP contribution in [0.4, 0.5) is 0 Å². The maximum absolute atomic E-state index is 5.96. The summed E-state index contributed by atoms with van der Waals surface area (Å²) >= 11 is 0. The largest absolute Gasteiger partial charge is 0.378 e. The van der Waals surface area contributed by atoms with Gasteiger partial charge in [-0.05, 0) is 18.9 Å². The predicted molar refractivity (Wildman–Crippen MR) is 84.3 cm³/mol. The van der Waals surface area contributed by atoms with Gasteiger partial charge in [0, 0.05) is 26.2 Å². The molecule has 5 nitrogen and oxygen atoms in total. The van der Waals surface area contributed by atoms with Crippen LogP contribution in [0.1, 0.15) is 25.0 Å². The quantitative estimate of drug-likeness (QED) is 0.493. The fourth-order valence-electron chi connectivity index (χ4n) is 2.23. The lowest BCUT2D eigenvalue weighted by Crippen LogP contribution is -2.44. The molecule has 1 fully saturated rings. The van der Waals surface area contributed by atoms with Gasteiger partial charge in [-0.15, -0.1) is 0 Å². The van der Waals surface area contributed by atoms with Crippen LogP contribution in [-0.2, 0) is 9.47 Å². The van der Waals surface area contributed by atoms with Crippen molar-refractivity contribution in [3.63, 3.8) is 0 Å². The molecule has 2 rings (SSSR count). The van der Waals surface area contributed by atoms with Gasteiger partial charge in [-0.25, -0.2) is 0 Å². The molecule has 0 amide bonds. The first kappa shape index (κ1) is 15.8. The molecule has 1 atom stereocenters. The van der Waals surface area contributed by atoms with E-state index in [1.807, 2.05) is 18.2 Å². The molecular formula is C16H25N3O2.